The summed E-state index contributed by atoms with van der Waals surface area (Å²) < 4.78 is 14.8. The van der Waals surface area contributed by atoms with E-state index in [0.717, 1.165) is 40.6 Å². The van der Waals surface area contributed by atoms with Crippen LogP contribution in [0.5, 0.6) is 11.5 Å². The molecule has 45 heavy (non-hydrogen) atoms. The molecular formula is C35H36N4O5S. The Labute approximate surface area is 265 Å². The highest BCUT2D eigenvalue weighted by Crippen LogP contribution is 2.46. The smallest absolute Gasteiger partial charge is 0.301 e. The molecule has 5 aromatic rings. The molecule has 1 fully saturated rings. The lowest BCUT2D eigenvalue weighted by molar-refractivity contribution is -0.132. The number of Topliss-reactive ketones (excluding diaryl/α,β-unsaturated/α-hetero) is 1. The minimum absolute atomic E-state index is 0.0568. The van der Waals surface area contributed by atoms with Crippen LogP contribution in [-0.2, 0) is 9.59 Å². The molecule has 10 heteroatoms. The highest BCUT2D eigenvalue weighted by atomic mass is 32.1. The van der Waals surface area contributed by atoms with Gasteiger partial charge in [0.25, 0.3) is 5.78 Å². The Morgan fingerprint density at radius 3 is 2.56 bits per heavy atom. The van der Waals surface area contributed by atoms with Crippen molar-refractivity contribution in [3.8, 4) is 11.5 Å². The molecular weight excluding hydrogens is 588 g/mol. The number of thiazole rings is 1. The number of anilines is 1. The highest BCUT2D eigenvalue weighted by molar-refractivity contribution is 7.22. The average molecular weight is 625 g/mol. The number of pyridine rings is 1. The van der Waals surface area contributed by atoms with Crippen molar-refractivity contribution in [2.45, 2.75) is 59.9 Å². The van der Waals surface area contributed by atoms with Crippen LogP contribution in [0.25, 0.3) is 21.6 Å². The number of ketones is 1. The number of aliphatic hydroxyl groups excluding tert-OH is 1. The number of hydrogen-bond donors (Lipinski definition) is 1. The summed E-state index contributed by atoms with van der Waals surface area (Å²) in [4.78, 5) is 38.6. The van der Waals surface area contributed by atoms with E-state index in [1.165, 1.54) is 16.2 Å². The number of benzene rings is 2. The Bertz CT molecular complexity index is 1970. The van der Waals surface area contributed by atoms with Gasteiger partial charge in [-0.2, -0.15) is 0 Å². The molecule has 1 aliphatic heterocycles. The second-order valence-electron chi connectivity index (χ2n) is 11.3. The first-order chi connectivity index (χ1) is 21.7. The van der Waals surface area contributed by atoms with E-state index in [9.17, 15) is 14.7 Å². The molecule has 1 amide bonds. The first-order valence-corrected chi connectivity index (χ1v) is 16.1. The van der Waals surface area contributed by atoms with Crippen molar-refractivity contribution < 1.29 is 24.2 Å². The molecule has 232 valence electrons. The van der Waals surface area contributed by atoms with Crippen molar-refractivity contribution in [3.63, 3.8) is 0 Å². The van der Waals surface area contributed by atoms with Gasteiger partial charge >= 0.3 is 5.91 Å². The Hall–Kier alpha value is -4.70. The van der Waals surface area contributed by atoms with Crippen molar-refractivity contribution in [1.82, 2.24) is 14.4 Å². The van der Waals surface area contributed by atoms with Crippen LogP contribution in [0.2, 0.25) is 0 Å². The molecule has 1 atom stereocenters. The summed E-state index contributed by atoms with van der Waals surface area (Å²) in [5.74, 6) is -0.838. The van der Waals surface area contributed by atoms with E-state index >= 15 is 0 Å². The summed E-state index contributed by atoms with van der Waals surface area (Å²) in [7, 11) is 0. The quantitative estimate of drug-likeness (QED) is 0.0744. The largest absolute Gasteiger partial charge is 0.505 e. The summed E-state index contributed by atoms with van der Waals surface area (Å²) in [6.45, 7) is 10.7. The van der Waals surface area contributed by atoms with Crippen LogP contribution < -0.4 is 14.4 Å². The topological polar surface area (TPSA) is 106 Å². The van der Waals surface area contributed by atoms with Gasteiger partial charge in [0, 0.05) is 6.20 Å². The number of aryl methyl sites for hydroxylation is 3. The van der Waals surface area contributed by atoms with E-state index in [1.54, 1.807) is 12.1 Å². The summed E-state index contributed by atoms with van der Waals surface area (Å²) in [6, 6.07) is 14.1. The highest BCUT2D eigenvalue weighted by Gasteiger charge is 2.49. The number of fused-ring (bicyclic) bond motifs is 2. The van der Waals surface area contributed by atoms with Crippen LogP contribution in [-0.4, -0.2) is 44.4 Å². The fourth-order valence-electron chi connectivity index (χ4n) is 5.76. The van der Waals surface area contributed by atoms with Gasteiger partial charge in [-0.15, -0.1) is 0 Å². The zero-order valence-corrected chi connectivity index (χ0v) is 26.9. The fourth-order valence-corrected chi connectivity index (χ4v) is 6.85. The van der Waals surface area contributed by atoms with E-state index in [-0.39, 0.29) is 17.0 Å². The first-order valence-electron chi connectivity index (χ1n) is 15.3. The van der Waals surface area contributed by atoms with Crippen molar-refractivity contribution in [3.05, 3.63) is 88.4 Å². The number of aromatic nitrogens is 3. The number of imidazole rings is 1. The summed E-state index contributed by atoms with van der Waals surface area (Å²) in [6.07, 6.45) is 4.91. The molecule has 4 heterocycles. The van der Waals surface area contributed by atoms with Gasteiger partial charge in [0.1, 0.15) is 11.3 Å². The molecule has 1 unspecified atom stereocenters. The van der Waals surface area contributed by atoms with Crippen molar-refractivity contribution in [2.24, 2.45) is 0 Å². The van der Waals surface area contributed by atoms with Crippen LogP contribution >= 0.6 is 11.3 Å². The van der Waals surface area contributed by atoms with Gasteiger partial charge in [0.15, 0.2) is 22.4 Å². The Morgan fingerprint density at radius 1 is 0.978 bits per heavy atom. The number of nitrogens with zero attached hydrogens (tertiary/aromatic N) is 4. The molecule has 6 rings (SSSR count). The Kier molecular flexibility index (Phi) is 8.33. The van der Waals surface area contributed by atoms with Gasteiger partial charge < -0.3 is 19.0 Å². The van der Waals surface area contributed by atoms with E-state index in [2.05, 4.69) is 6.92 Å². The van der Waals surface area contributed by atoms with Crippen LogP contribution in [0.1, 0.15) is 67.2 Å². The number of carbonyl (C=O) groups excluding carboxylic acids is 2. The lowest BCUT2D eigenvalue weighted by Gasteiger charge is -2.24. The van der Waals surface area contributed by atoms with Gasteiger partial charge in [0.05, 0.1) is 40.7 Å². The molecule has 9 nitrogen and oxygen atoms in total. The molecule has 0 bridgehead atoms. The van der Waals surface area contributed by atoms with E-state index < -0.39 is 17.7 Å². The molecule has 2 aromatic carbocycles. The molecule has 0 saturated carbocycles. The zero-order valence-electron chi connectivity index (χ0n) is 26.1. The predicted octanol–water partition coefficient (Wildman–Crippen LogP) is 7.46. The van der Waals surface area contributed by atoms with Crippen LogP contribution in [0.3, 0.4) is 0 Å². The minimum atomic E-state index is -0.981. The number of hydrogen-bond acceptors (Lipinski definition) is 8. The van der Waals surface area contributed by atoms with E-state index in [1.807, 2.05) is 74.7 Å². The molecule has 0 spiro atoms. The molecule has 1 N–H and O–H groups in total. The van der Waals surface area contributed by atoms with E-state index in [4.69, 9.17) is 19.4 Å². The lowest BCUT2D eigenvalue weighted by Crippen LogP contribution is -2.29. The number of ether oxygens (including phenoxy) is 2. The number of rotatable bonds is 10. The lowest BCUT2D eigenvalue weighted by atomic mass is 9.96. The summed E-state index contributed by atoms with van der Waals surface area (Å²) in [5, 5.41) is 12.2. The third-order valence-corrected chi connectivity index (χ3v) is 9.10. The van der Waals surface area contributed by atoms with Crippen molar-refractivity contribution in [1.29, 1.82) is 0 Å². The Balaban J connectivity index is 1.54. The maximum absolute atomic E-state index is 13.9. The summed E-state index contributed by atoms with van der Waals surface area (Å²) >= 11 is 1.33. The van der Waals surface area contributed by atoms with Crippen LogP contribution in [0, 0.1) is 20.8 Å². The predicted molar refractivity (Wildman–Crippen MR) is 176 cm³/mol. The second-order valence-corrected chi connectivity index (χ2v) is 12.3. The maximum atomic E-state index is 13.9. The third kappa shape index (κ3) is 5.44. The molecule has 0 aliphatic carbocycles. The minimum Gasteiger partial charge on any atom is -0.505 e. The van der Waals surface area contributed by atoms with Gasteiger partial charge in [-0.3, -0.25) is 14.5 Å². The molecule has 0 radical (unpaired) electrons. The van der Waals surface area contributed by atoms with Crippen LogP contribution in [0.15, 0.2) is 60.3 Å². The number of aliphatic hydroxyl groups is 1. The van der Waals surface area contributed by atoms with Gasteiger partial charge in [0.2, 0.25) is 0 Å². The number of carbonyl (C=O) groups is 2. The standard InChI is InChI=1S/C35H36N4O5S/c1-6-8-9-17-44-25-15-13-23(19-26(25)43-7-2)30-28(31(40)29-22(5)38-16-10-11-21(4)33(38)37-29)32(41)34(42)39(30)35-36-24-14-12-20(3)18-27(24)45-35/h10-16,18-19,30,40H,6-9,17H2,1-5H3. The fraction of sp³-hybridized carbons (Fsp3) is 0.314. The third-order valence-electron chi connectivity index (χ3n) is 8.08. The monoisotopic (exact) mass is 624 g/mol. The van der Waals surface area contributed by atoms with Gasteiger partial charge in [-0.25, -0.2) is 9.97 Å². The molecule has 1 saturated heterocycles. The Morgan fingerprint density at radius 2 is 1.80 bits per heavy atom. The number of unbranched alkanes of at least 4 members (excludes halogenated alkanes) is 2. The van der Waals surface area contributed by atoms with E-state index in [0.29, 0.717) is 46.7 Å². The average Bonchev–Trinajstić information content (AvgIpc) is 3.67. The summed E-state index contributed by atoms with van der Waals surface area (Å²) in [5.41, 5.74) is 4.77. The second kappa shape index (κ2) is 12.4. The van der Waals surface area contributed by atoms with Crippen molar-refractivity contribution >= 4 is 49.8 Å². The maximum Gasteiger partial charge on any atom is 0.301 e. The van der Waals surface area contributed by atoms with Crippen LogP contribution in [0.4, 0.5) is 5.13 Å². The number of amides is 1. The molecule has 3 aromatic heterocycles. The molecule has 1 aliphatic rings. The van der Waals surface area contributed by atoms with Crippen molar-refractivity contribution in [2.75, 3.05) is 18.1 Å². The van der Waals surface area contributed by atoms with Gasteiger partial charge in [-0.1, -0.05) is 49.3 Å². The normalized spacial score (nSPS) is 16.3. The van der Waals surface area contributed by atoms with Gasteiger partial charge in [-0.05, 0) is 81.1 Å². The first kappa shape index (κ1) is 30.3. The zero-order chi connectivity index (χ0) is 31.8. The SMILES string of the molecule is CCCCCOc1ccc(C2C(=C(O)c3nc4c(C)cccn4c3C)C(=O)C(=O)N2c2nc3ccc(C)cc3s2)cc1OCC.